The van der Waals surface area contributed by atoms with Crippen LogP contribution in [-0.4, -0.2) is 41.2 Å². The second-order valence-electron chi connectivity index (χ2n) is 6.62. The van der Waals surface area contributed by atoms with Crippen LogP contribution in [0.25, 0.3) is 11.1 Å². The van der Waals surface area contributed by atoms with Gasteiger partial charge in [-0.1, -0.05) is 54.6 Å². The fraction of sp³-hybridized carbons (Fsp3) is 0.333. The van der Waals surface area contributed by atoms with Gasteiger partial charge in [0, 0.05) is 26.6 Å². The summed E-state index contributed by atoms with van der Waals surface area (Å²) in [6.07, 6.45) is 1.41. The molecule has 1 atom stereocenters. The van der Waals surface area contributed by atoms with Crippen molar-refractivity contribution in [1.29, 1.82) is 0 Å². The van der Waals surface area contributed by atoms with E-state index in [1.165, 1.54) is 5.56 Å². The molecule has 130 valence electrons. The standard InChI is InChI=1S/C21H24N2O2/c1-16(23-14-6-9-20(23)24)21(25)22(2)15-17-10-12-19(13-11-17)18-7-4-3-5-8-18/h3-5,7-8,10-13,16H,6,9,14-15H2,1-2H3/t16-/m0/s1. The maximum Gasteiger partial charge on any atom is 0.245 e. The molecule has 25 heavy (non-hydrogen) atoms. The van der Waals surface area contributed by atoms with Gasteiger partial charge in [-0.05, 0) is 30.0 Å². The molecule has 2 aromatic rings. The van der Waals surface area contributed by atoms with E-state index in [1.54, 1.807) is 16.8 Å². The van der Waals surface area contributed by atoms with Crippen molar-refractivity contribution in [3.8, 4) is 11.1 Å². The molecule has 0 N–H and O–H groups in total. The lowest BCUT2D eigenvalue weighted by Crippen LogP contribution is -2.46. The largest absolute Gasteiger partial charge is 0.340 e. The predicted octanol–water partition coefficient (Wildman–Crippen LogP) is 3.32. The summed E-state index contributed by atoms with van der Waals surface area (Å²) in [5.74, 6) is 0.0730. The molecule has 1 heterocycles. The number of rotatable bonds is 5. The number of amides is 2. The van der Waals surface area contributed by atoms with Gasteiger partial charge in [0.05, 0.1) is 0 Å². The Morgan fingerprint density at radius 2 is 1.72 bits per heavy atom. The van der Waals surface area contributed by atoms with Crippen molar-refractivity contribution in [2.45, 2.75) is 32.4 Å². The molecule has 4 heteroatoms. The van der Waals surface area contributed by atoms with E-state index < -0.39 is 0 Å². The van der Waals surface area contributed by atoms with Gasteiger partial charge < -0.3 is 9.80 Å². The first-order valence-corrected chi connectivity index (χ1v) is 8.75. The van der Waals surface area contributed by atoms with Gasteiger partial charge in [0.25, 0.3) is 0 Å². The van der Waals surface area contributed by atoms with Gasteiger partial charge in [-0.3, -0.25) is 9.59 Å². The van der Waals surface area contributed by atoms with Crippen molar-refractivity contribution in [1.82, 2.24) is 9.80 Å². The van der Waals surface area contributed by atoms with Crippen molar-refractivity contribution >= 4 is 11.8 Å². The average molecular weight is 336 g/mol. The number of hydrogen-bond donors (Lipinski definition) is 0. The molecule has 3 rings (SSSR count). The van der Waals surface area contributed by atoms with Crippen molar-refractivity contribution in [3.63, 3.8) is 0 Å². The number of likely N-dealkylation sites (N-methyl/N-ethyl adjacent to an activating group) is 1. The molecule has 1 saturated heterocycles. The quantitative estimate of drug-likeness (QED) is 0.840. The van der Waals surface area contributed by atoms with E-state index in [0.717, 1.165) is 17.5 Å². The minimum atomic E-state index is -0.386. The van der Waals surface area contributed by atoms with Gasteiger partial charge in [0.1, 0.15) is 6.04 Å². The van der Waals surface area contributed by atoms with E-state index in [4.69, 9.17) is 0 Å². The Kier molecular flexibility index (Phi) is 5.17. The number of likely N-dealkylation sites (tertiary alicyclic amines) is 1. The van der Waals surface area contributed by atoms with Crippen LogP contribution in [0.2, 0.25) is 0 Å². The van der Waals surface area contributed by atoms with Crippen LogP contribution >= 0.6 is 0 Å². The number of carbonyl (C=O) groups excluding carboxylic acids is 2. The van der Waals surface area contributed by atoms with Crippen LogP contribution in [-0.2, 0) is 16.1 Å². The first-order valence-electron chi connectivity index (χ1n) is 8.75. The molecule has 0 bridgehead atoms. The Morgan fingerprint density at radius 3 is 2.32 bits per heavy atom. The summed E-state index contributed by atoms with van der Waals surface area (Å²) in [5.41, 5.74) is 3.42. The third-order valence-electron chi connectivity index (χ3n) is 4.79. The number of benzene rings is 2. The van der Waals surface area contributed by atoms with Gasteiger partial charge >= 0.3 is 0 Å². The Balaban J connectivity index is 1.63. The number of carbonyl (C=O) groups is 2. The topological polar surface area (TPSA) is 40.6 Å². The maximum atomic E-state index is 12.6. The number of nitrogens with zero attached hydrogens (tertiary/aromatic N) is 2. The normalized spacial score (nSPS) is 15.3. The lowest BCUT2D eigenvalue weighted by atomic mass is 10.0. The average Bonchev–Trinajstić information content (AvgIpc) is 3.07. The van der Waals surface area contributed by atoms with E-state index in [9.17, 15) is 9.59 Å². The minimum absolute atomic E-state index is 0.0117. The third kappa shape index (κ3) is 3.90. The molecule has 0 saturated carbocycles. The summed E-state index contributed by atoms with van der Waals surface area (Å²) in [5, 5.41) is 0. The van der Waals surface area contributed by atoms with Crippen molar-refractivity contribution in [2.75, 3.05) is 13.6 Å². The van der Waals surface area contributed by atoms with Crippen LogP contribution in [0.3, 0.4) is 0 Å². The molecule has 4 nitrogen and oxygen atoms in total. The molecular weight excluding hydrogens is 312 g/mol. The smallest absolute Gasteiger partial charge is 0.245 e. The maximum absolute atomic E-state index is 12.6. The van der Waals surface area contributed by atoms with Gasteiger partial charge in [-0.25, -0.2) is 0 Å². The lowest BCUT2D eigenvalue weighted by molar-refractivity contribution is -0.142. The summed E-state index contributed by atoms with van der Waals surface area (Å²) in [6, 6.07) is 18.1. The molecule has 1 aliphatic heterocycles. The summed E-state index contributed by atoms with van der Waals surface area (Å²) in [7, 11) is 1.80. The molecule has 0 spiro atoms. The van der Waals surface area contributed by atoms with E-state index >= 15 is 0 Å². The molecule has 2 amide bonds. The van der Waals surface area contributed by atoms with Gasteiger partial charge in [-0.15, -0.1) is 0 Å². The van der Waals surface area contributed by atoms with Gasteiger partial charge in [0.2, 0.25) is 11.8 Å². The Morgan fingerprint density at radius 1 is 1.08 bits per heavy atom. The Labute approximate surface area is 149 Å². The second-order valence-corrected chi connectivity index (χ2v) is 6.62. The van der Waals surface area contributed by atoms with Crippen LogP contribution in [0.15, 0.2) is 54.6 Å². The van der Waals surface area contributed by atoms with Crippen LogP contribution in [0.4, 0.5) is 0 Å². The van der Waals surface area contributed by atoms with Crippen LogP contribution in [0, 0.1) is 0 Å². The third-order valence-corrected chi connectivity index (χ3v) is 4.79. The highest BCUT2D eigenvalue weighted by atomic mass is 16.2. The monoisotopic (exact) mass is 336 g/mol. The number of hydrogen-bond acceptors (Lipinski definition) is 2. The molecule has 2 aromatic carbocycles. The summed E-state index contributed by atoms with van der Waals surface area (Å²) < 4.78 is 0. The SMILES string of the molecule is C[C@@H](C(=O)N(C)Cc1ccc(-c2ccccc2)cc1)N1CCCC1=O. The second kappa shape index (κ2) is 7.51. The van der Waals surface area contributed by atoms with Gasteiger partial charge in [-0.2, -0.15) is 0 Å². The van der Waals surface area contributed by atoms with Gasteiger partial charge in [0.15, 0.2) is 0 Å². The van der Waals surface area contributed by atoms with E-state index in [0.29, 0.717) is 19.5 Å². The summed E-state index contributed by atoms with van der Waals surface area (Å²) >= 11 is 0. The first kappa shape index (κ1) is 17.2. The molecule has 0 radical (unpaired) electrons. The fourth-order valence-electron chi connectivity index (χ4n) is 3.32. The van der Waals surface area contributed by atoms with E-state index in [2.05, 4.69) is 36.4 Å². The fourth-order valence-corrected chi connectivity index (χ4v) is 3.32. The molecular formula is C21H24N2O2. The highest BCUT2D eigenvalue weighted by molar-refractivity contribution is 5.88. The zero-order chi connectivity index (χ0) is 17.8. The first-order chi connectivity index (χ1) is 12.1. The van der Waals surface area contributed by atoms with Crippen molar-refractivity contribution < 1.29 is 9.59 Å². The van der Waals surface area contributed by atoms with Crippen molar-refractivity contribution in [3.05, 3.63) is 60.2 Å². The molecule has 0 unspecified atom stereocenters. The highest BCUT2D eigenvalue weighted by Crippen LogP contribution is 2.20. The zero-order valence-electron chi connectivity index (χ0n) is 14.8. The Bertz CT molecular complexity index is 740. The molecule has 1 aliphatic rings. The predicted molar refractivity (Wildman–Crippen MR) is 98.8 cm³/mol. The summed E-state index contributed by atoms with van der Waals surface area (Å²) in [4.78, 5) is 27.8. The molecule has 0 aliphatic carbocycles. The van der Waals surface area contributed by atoms with E-state index in [-0.39, 0.29) is 17.9 Å². The van der Waals surface area contributed by atoms with Crippen LogP contribution < -0.4 is 0 Å². The Hall–Kier alpha value is -2.62. The summed E-state index contributed by atoms with van der Waals surface area (Å²) in [6.45, 7) is 3.05. The van der Waals surface area contributed by atoms with E-state index in [1.807, 2.05) is 25.1 Å². The van der Waals surface area contributed by atoms with Crippen molar-refractivity contribution in [2.24, 2.45) is 0 Å². The molecule has 0 aromatic heterocycles. The van der Waals surface area contributed by atoms with Crippen LogP contribution in [0.1, 0.15) is 25.3 Å². The minimum Gasteiger partial charge on any atom is -0.340 e. The lowest BCUT2D eigenvalue weighted by Gasteiger charge is -2.28. The van der Waals surface area contributed by atoms with Crippen LogP contribution in [0.5, 0.6) is 0 Å². The highest BCUT2D eigenvalue weighted by Gasteiger charge is 2.30. The zero-order valence-corrected chi connectivity index (χ0v) is 14.8. The molecule has 1 fully saturated rings.